The van der Waals surface area contributed by atoms with Gasteiger partial charge in [-0.05, 0) is 44.2 Å². The Kier molecular flexibility index (Phi) is 6.03. The summed E-state index contributed by atoms with van der Waals surface area (Å²) in [6, 6.07) is 14.3. The molecule has 0 bridgehead atoms. The molecule has 3 aromatic rings. The van der Waals surface area contributed by atoms with Crippen LogP contribution in [0.4, 0.5) is 5.13 Å². The minimum Gasteiger partial charge on any atom is -0.494 e. The van der Waals surface area contributed by atoms with E-state index in [1.54, 1.807) is 31.2 Å². The lowest BCUT2D eigenvalue weighted by molar-refractivity contribution is -0.116. The maximum atomic E-state index is 12.3. The van der Waals surface area contributed by atoms with Gasteiger partial charge in [-0.25, -0.2) is 4.98 Å². The molecule has 0 spiro atoms. The highest BCUT2D eigenvalue weighted by Crippen LogP contribution is 2.29. The fourth-order valence-electron chi connectivity index (χ4n) is 2.61. The first-order chi connectivity index (χ1) is 13.0. The van der Waals surface area contributed by atoms with Crippen molar-refractivity contribution in [1.29, 1.82) is 0 Å². The van der Waals surface area contributed by atoms with E-state index in [0.717, 1.165) is 16.0 Å². The largest absolute Gasteiger partial charge is 0.494 e. The Hall–Kier alpha value is -2.93. The van der Waals surface area contributed by atoms with Gasteiger partial charge in [0.1, 0.15) is 5.75 Å². The first-order valence-corrected chi connectivity index (χ1v) is 9.56. The van der Waals surface area contributed by atoms with E-state index in [-0.39, 0.29) is 24.3 Å². The predicted molar refractivity (Wildman–Crippen MR) is 107 cm³/mol. The number of carbonyl (C=O) groups excluding carboxylic acids is 2. The van der Waals surface area contributed by atoms with Crippen molar-refractivity contribution < 1.29 is 14.3 Å². The number of thiazole rings is 1. The molecule has 0 fully saturated rings. The highest BCUT2D eigenvalue weighted by molar-refractivity contribution is 7.22. The van der Waals surface area contributed by atoms with Crippen molar-refractivity contribution in [3.63, 3.8) is 0 Å². The third kappa shape index (κ3) is 5.04. The fourth-order valence-corrected chi connectivity index (χ4v) is 3.52. The van der Waals surface area contributed by atoms with Gasteiger partial charge in [-0.3, -0.25) is 9.59 Å². The number of carbonyl (C=O) groups is 2. The quantitative estimate of drug-likeness (QED) is 0.650. The number of nitrogens with one attached hydrogen (secondary N) is 2. The maximum Gasteiger partial charge on any atom is 0.251 e. The fraction of sp³-hybridized carbons (Fsp3) is 0.250. The van der Waals surface area contributed by atoms with Gasteiger partial charge in [-0.2, -0.15) is 0 Å². The third-order valence-electron chi connectivity index (χ3n) is 3.82. The van der Waals surface area contributed by atoms with Crippen LogP contribution in [-0.4, -0.2) is 29.4 Å². The Morgan fingerprint density at radius 2 is 1.96 bits per heavy atom. The number of anilines is 1. The number of benzene rings is 2. The molecule has 0 aliphatic heterocycles. The van der Waals surface area contributed by atoms with Crippen molar-refractivity contribution >= 4 is 38.5 Å². The molecular formula is C20H21N3O3S. The molecule has 0 saturated heterocycles. The normalized spacial score (nSPS) is 11.8. The molecule has 2 aromatic carbocycles. The van der Waals surface area contributed by atoms with Crippen LogP contribution in [0.3, 0.4) is 0 Å². The second-order valence-corrected chi connectivity index (χ2v) is 7.11. The molecule has 0 aliphatic rings. The standard InChI is InChI=1S/C20H21N3O3S/c1-3-26-15-9-10-16-17(12-15)27-20(22-16)23-18(24)11-13(2)21-19(25)14-7-5-4-6-8-14/h4-10,12-13H,3,11H2,1-2H3,(H,21,25)(H,22,23,24). The molecule has 0 saturated carbocycles. The van der Waals surface area contributed by atoms with Crippen molar-refractivity contribution in [1.82, 2.24) is 10.3 Å². The average Bonchev–Trinajstić information content (AvgIpc) is 3.03. The zero-order chi connectivity index (χ0) is 19.2. The Bertz CT molecular complexity index is 940. The van der Waals surface area contributed by atoms with Crippen LogP contribution in [0.5, 0.6) is 5.75 Å². The van der Waals surface area contributed by atoms with Crippen molar-refractivity contribution in [2.24, 2.45) is 0 Å². The maximum absolute atomic E-state index is 12.3. The van der Waals surface area contributed by atoms with Gasteiger partial charge in [0.25, 0.3) is 5.91 Å². The number of hydrogen-bond acceptors (Lipinski definition) is 5. The summed E-state index contributed by atoms with van der Waals surface area (Å²) >= 11 is 1.39. The zero-order valence-corrected chi connectivity index (χ0v) is 16.0. The van der Waals surface area contributed by atoms with Crippen LogP contribution in [0.25, 0.3) is 10.2 Å². The molecule has 1 atom stereocenters. The molecule has 1 heterocycles. The minimum atomic E-state index is -0.295. The van der Waals surface area contributed by atoms with E-state index in [2.05, 4.69) is 15.6 Å². The van der Waals surface area contributed by atoms with Crippen LogP contribution in [0.15, 0.2) is 48.5 Å². The van der Waals surface area contributed by atoms with Gasteiger partial charge >= 0.3 is 0 Å². The summed E-state index contributed by atoms with van der Waals surface area (Å²) in [4.78, 5) is 28.8. The topological polar surface area (TPSA) is 80.3 Å². The van der Waals surface area contributed by atoms with Crippen LogP contribution in [0, 0.1) is 0 Å². The first-order valence-electron chi connectivity index (χ1n) is 8.74. The third-order valence-corrected chi connectivity index (χ3v) is 4.76. The minimum absolute atomic E-state index is 0.165. The number of amides is 2. The monoisotopic (exact) mass is 383 g/mol. The summed E-state index contributed by atoms with van der Waals surface area (Å²) < 4.78 is 6.43. The summed E-state index contributed by atoms with van der Waals surface area (Å²) in [6.45, 7) is 4.33. The summed E-state index contributed by atoms with van der Waals surface area (Å²) in [5.74, 6) is 0.392. The molecule has 7 heteroatoms. The molecule has 1 unspecified atom stereocenters. The lowest BCUT2D eigenvalue weighted by atomic mass is 10.1. The van der Waals surface area contributed by atoms with Crippen LogP contribution in [-0.2, 0) is 4.79 Å². The lowest BCUT2D eigenvalue weighted by Crippen LogP contribution is -2.35. The predicted octanol–water partition coefficient (Wildman–Crippen LogP) is 3.84. The molecule has 2 N–H and O–H groups in total. The van der Waals surface area contributed by atoms with E-state index >= 15 is 0 Å². The first kappa shape index (κ1) is 18.8. The number of hydrogen-bond donors (Lipinski definition) is 2. The Labute approximate surface area is 161 Å². The molecule has 27 heavy (non-hydrogen) atoms. The van der Waals surface area contributed by atoms with Gasteiger partial charge < -0.3 is 15.4 Å². The zero-order valence-electron chi connectivity index (χ0n) is 15.2. The van der Waals surface area contributed by atoms with Gasteiger partial charge in [-0.15, -0.1) is 0 Å². The summed E-state index contributed by atoms with van der Waals surface area (Å²) in [6.07, 6.45) is 0.165. The van der Waals surface area contributed by atoms with Crippen LogP contribution >= 0.6 is 11.3 Å². The summed E-state index contributed by atoms with van der Waals surface area (Å²) in [5, 5.41) is 6.16. The number of fused-ring (bicyclic) bond motifs is 1. The van der Waals surface area contributed by atoms with Crippen LogP contribution in [0.1, 0.15) is 30.6 Å². The smallest absolute Gasteiger partial charge is 0.251 e. The molecule has 2 amide bonds. The Morgan fingerprint density at radius 1 is 1.19 bits per heavy atom. The molecule has 3 rings (SSSR count). The number of aromatic nitrogens is 1. The Morgan fingerprint density at radius 3 is 2.70 bits per heavy atom. The van der Waals surface area contributed by atoms with E-state index in [0.29, 0.717) is 17.3 Å². The van der Waals surface area contributed by atoms with Crippen molar-refractivity contribution in [3.8, 4) is 5.75 Å². The van der Waals surface area contributed by atoms with E-state index in [9.17, 15) is 9.59 Å². The molecule has 0 radical (unpaired) electrons. The van der Waals surface area contributed by atoms with Gasteiger partial charge in [0.2, 0.25) is 5.91 Å². The lowest BCUT2D eigenvalue weighted by Gasteiger charge is -2.13. The van der Waals surface area contributed by atoms with Gasteiger partial charge in [-0.1, -0.05) is 29.5 Å². The highest BCUT2D eigenvalue weighted by atomic mass is 32.1. The molecule has 1 aromatic heterocycles. The van der Waals surface area contributed by atoms with Crippen LogP contribution in [0.2, 0.25) is 0 Å². The Balaban J connectivity index is 1.57. The second-order valence-electron chi connectivity index (χ2n) is 6.07. The van der Waals surface area contributed by atoms with E-state index < -0.39 is 0 Å². The summed E-state index contributed by atoms with van der Waals surface area (Å²) in [5.41, 5.74) is 1.38. The second kappa shape index (κ2) is 8.64. The average molecular weight is 383 g/mol. The number of ether oxygens (including phenoxy) is 1. The van der Waals surface area contributed by atoms with Gasteiger partial charge in [0, 0.05) is 18.0 Å². The van der Waals surface area contributed by atoms with Gasteiger partial charge in [0.05, 0.1) is 16.8 Å². The summed E-state index contributed by atoms with van der Waals surface area (Å²) in [7, 11) is 0. The van der Waals surface area contributed by atoms with E-state index in [4.69, 9.17) is 4.74 Å². The van der Waals surface area contributed by atoms with E-state index in [1.165, 1.54) is 11.3 Å². The highest BCUT2D eigenvalue weighted by Gasteiger charge is 2.15. The molecular weight excluding hydrogens is 362 g/mol. The number of rotatable bonds is 7. The van der Waals surface area contributed by atoms with Crippen molar-refractivity contribution in [3.05, 3.63) is 54.1 Å². The molecule has 140 valence electrons. The molecule has 6 nitrogen and oxygen atoms in total. The van der Waals surface area contributed by atoms with Crippen LogP contribution < -0.4 is 15.4 Å². The SMILES string of the molecule is CCOc1ccc2nc(NC(=O)CC(C)NC(=O)c3ccccc3)sc2c1. The van der Waals surface area contributed by atoms with Crippen molar-refractivity contribution in [2.45, 2.75) is 26.3 Å². The number of nitrogens with zero attached hydrogens (tertiary/aromatic N) is 1. The van der Waals surface area contributed by atoms with Crippen molar-refractivity contribution in [2.75, 3.05) is 11.9 Å². The molecule has 0 aliphatic carbocycles. The van der Waals surface area contributed by atoms with Gasteiger partial charge in [0.15, 0.2) is 5.13 Å². The van der Waals surface area contributed by atoms with E-state index in [1.807, 2.05) is 31.2 Å².